The van der Waals surface area contributed by atoms with Gasteiger partial charge in [0.25, 0.3) is 0 Å². The van der Waals surface area contributed by atoms with Crippen molar-refractivity contribution in [3.05, 3.63) is 71.1 Å². The highest BCUT2D eigenvalue weighted by atomic mass is 32.1. The van der Waals surface area contributed by atoms with Crippen LogP contribution in [0.25, 0.3) is 21.1 Å². The van der Waals surface area contributed by atoms with Crippen molar-refractivity contribution in [2.75, 3.05) is 0 Å². The Morgan fingerprint density at radius 1 is 1.00 bits per heavy atom. The molecule has 0 aliphatic heterocycles. The fraction of sp³-hybridized carbons (Fsp3) is 0.0588. The molecule has 1 atom stereocenters. The zero-order valence-corrected chi connectivity index (χ0v) is 11.7. The first-order chi connectivity index (χ1) is 10.2. The van der Waals surface area contributed by atoms with Gasteiger partial charge in [-0.15, -0.1) is 11.3 Å². The fourth-order valence-corrected chi connectivity index (χ4v) is 3.49. The quantitative estimate of drug-likeness (QED) is 0.573. The number of halogens is 1. The number of aliphatic hydroxyl groups excluding tert-OH is 1. The topological polar surface area (TPSA) is 33.4 Å². The minimum atomic E-state index is -0.835. The minimum Gasteiger partial charge on any atom is -0.458 e. The van der Waals surface area contributed by atoms with Crippen LogP contribution in [0.1, 0.15) is 16.7 Å². The predicted octanol–water partition coefficient (Wildman–Crippen LogP) is 4.87. The number of thiophene rings is 1. The lowest BCUT2D eigenvalue weighted by atomic mass is 10.2. The van der Waals surface area contributed by atoms with Crippen LogP contribution in [0.2, 0.25) is 0 Å². The molecule has 2 aromatic carbocycles. The molecule has 4 heteroatoms. The molecule has 4 rings (SSSR count). The first-order valence-corrected chi connectivity index (χ1v) is 7.38. The monoisotopic (exact) mass is 298 g/mol. The number of fused-ring (bicyclic) bond motifs is 2. The zero-order valence-electron chi connectivity index (χ0n) is 10.9. The minimum absolute atomic E-state index is 0.273. The van der Waals surface area contributed by atoms with Crippen molar-refractivity contribution in [3.63, 3.8) is 0 Å². The molecule has 0 fully saturated rings. The molecule has 0 aliphatic carbocycles. The van der Waals surface area contributed by atoms with E-state index < -0.39 is 6.10 Å². The molecule has 0 bridgehead atoms. The van der Waals surface area contributed by atoms with Gasteiger partial charge in [-0.25, -0.2) is 4.39 Å². The maximum absolute atomic E-state index is 13.2. The van der Waals surface area contributed by atoms with Crippen LogP contribution in [0.15, 0.2) is 59.0 Å². The van der Waals surface area contributed by atoms with E-state index in [2.05, 4.69) is 0 Å². The van der Waals surface area contributed by atoms with Crippen molar-refractivity contribution in [2.24, 2.45) is 0 Å². The van der Waals surface area contributed by atoms with Crippen molar-refractivity contribution in [1.29, 1.82) is 0 Å². The highest BCUT2D eigenvalue weighted by Gasteiger charge is 2.18. The van der Waals surface area contributed by atoms with Gasteiger partial charge in [-0.3, -0.25) is 0 Å². The molecule has 0 spiro atoms. The molecule has 0 saturated heterocycles. The highest BCUT2D eigenvalue weighted by Crippen LogP contribution is 2.35. The molecule has 1 N–H and O–H groups in total. The third-order valence-electron chi connectivity index (χ3n) is 3.48. The summed E-state index contributed by atoms with van der Waals surface area (Å²) in [6.45, 7) is 0. The Labute approximate surface area is 124 Å². The summed E-state index contributed by atoms with van der Waals surface area (Å²) >= 11 is 1.44. The Hall–Kier alpha value is -2.17. The van der Waals surface area contributed by atoms with Gasteiger partial charge in [0, 0.05) is 15.0 Å². The number of furan rings is 1. The van der Waals surface area contributed by atoms with Gasteiger partial charge < -0.3 is 9.52 Å². The molecule has 2 nitrogen and oxygen atoms in total. The molecular weight excluding hydrogens is 287 g/mol. The summed E-state index contributed by atoms with van der Waals surface area (Å²) in [5.41, 5.74) is 0.749. The summed E-state index contributed by atoms with van der Waals surface area (Å²) < 4.78 is 19.9. The summed E-state index contributed by atoms with van der Waals surface area (Å²) in [5.74, 6) is 0.230. The van der Waals surface area contributed by atoms with E-state index in [0.29, 0.717) is 5.76 Å². The lowest BCUT2D eigenvalue weighted by molar-refractivity contribution is 0.196. The normalized spacial score (nSPS) is 13.0. The van der Waals surface area contributed by atoms with E-state index in [9.17, 15) is 9.50 Å². The molecule has 2 aromatic heterocycles. The van der Waals surface area contributed by atoms with Gasteiger partial charge in [-0.2, -0.15) is 0 Å². The molecule has 0 aliphatic rings. The van der Waals surface area contributed by atoms with Crippen LogP contribution in [-0.2, 0) is 0 Å². The van der Waals surface area contributed by atoms with E-state index in [-0.39, 0.29) is 5.82 Å². The van der Waals surface area contributed by atoms with Crippen LogP contribution in [0.3, 0.4) is 0 Å². The zero-order chi connectivity index (χ0) is 14.4. The number of hydrogen-bond acceptors (Lipinski definition) is 3. The van der Waals surface area contributed by atoms with E-state index in [1.165, 1.54) is 23.5 Å². The van der Waals surface area contributed by atoms with E-state index in [1.54, 1.807) is 12.1 Å². The van der Waals surface area contributed by atoms with E-state index in [4.69, 9.17) is 4.42 Å². The molecule has 0 amide bonds. The smallest absolute Gasteiger partial charge is 0.146 e. The maximum Gasteiger partial charge on any atom is 0.146 e. The fourth-order valence-electron chi connectivity index (χ4n) is 2.45. The second-order valence-electron chi connectivity index (χ2n) is 4.92. The summed E-state index contributed by atoms with van der Waals surface area (Å²) in [6.07, 6.45) is -0.835. The summed E-state index contributed by atoms with van der Waals surface area (Å²) in [7, 11) is 0. The predicted molar refractivity (Wildman–Crippen MR) is 82.1 cm³/mol. The van der Waals surface area contributed by atoms with E-state index >= 15 is 0 Å². The number of rotatable bonds is 2. The second kappa shape index (κ2) is 4.69. The molecule has 2 heterocycles. The van der Waals surface area contributed by atoms with E-state index in [1.807, 2.05) is 30.3 Å². The number of para-hydroxylation sites is 1. The van der Waals surface area contributed by atoms with Crippen LogP contribution in [0.4, 0.5) is 4.39 Å². The summed E-state index contributed by atoms with van der Waals surface area (Å²) in [6, 6.07) is 15.9. The molecule has 21 heavy (non-hydrogen) atoms. The summed E-state index contributed by atoms with van der Waals surface area (Å²) in [5, 5.41) is 12.2. The third-order valence-corrected chi connectivity index (χ3v) is 4.65. The first kappa shape index (κ1) is 12.6. The van der Waals surface area contributed by atoms with Crippen molar-refractivity contribution < 1.29 is 13.9 Å². The van der Waals surface area contributed by atoms with Gasteiger partial charge in [0.1, 0.15) is 23.3 Å². The standard InChI is InChI=1S/C17H11FO2S/c18-12-5-6-15-11(7-12)9-16(21-15)17(19)14-8-10-3-1-2-4-13(10)20-14/h1-9,17,19H. The van der Waals surface area contributed by atoms with Crippen LogP contribution in [0.5, 0.6) is 0 Å². The van der Waals surface area contributed by atoms with Gasteiger partial charge in [-0.1, -0.05) is 18.2 Å². The highest BCUT2D eigenvalue weighted by molar-refractivity contribution is 7.19. The second-order valence-corrected chi connectivity index (χ2v) is 6.04. The van der Waals surface area contributed by atoms with Crippen molar-refractivity contribution in [1.82, 2.24) is 0 Å². The van der Waals surface area contributed by atoms with Crippen LogP contribution in [0, 0.1) is 5.82 Å². The number of hydrogen-bond donors (Lipinski definition) is 1. The Balaban J connectivity index is 1.79. The lowest BCUT2D eigenvalue weighted by Crippen LogP contribution is -1.93. The van der Waals surface area contributed by atoms with Gasteiger partial charge in [0.2, 0.25) is 0 Å². The average molecular weight is 298 g/mol. The van der Waals surface area contributed by atoms with Gasteiger partial charge in [-0.05, 0) is 41.8 Å². The molecular formula is C17H11FO2S. The molecule has 0 saturated carbocycles. The maximum atomic E-state index is 13.2. The van der Waals surface area contributed by atoms with Crippen LogP contribution in [-0.4, -0.2) is 5.11 Å². The van der Waals surface area contributed by atoms with Gasteiger partial charge in [0.05, 0.1) is 0 Å². The lowest BCUT2D eigenvalue weighted by Gasteiger charge is -2.03. The third kappa shape index (κ3) is 2.13. The summed E-state index contributed by atoms with van der Waals surface area (Å²) in [4.78, 5) is 0.745. The van der Waals surface area contributed by atoms with Gasteiger partial charge >= 0.3 is 0 Å². The van der Waals surface area contributed by atoms with Crippen LogP contribution < -0.4 is 0 Å². The molecule has 4 aromatic rings. The largest absolute Gasteiger partial charge is 0.458 e. The van der Waals surface area contributed by atoms with Crippen molar-refractivity contribution in [2.45, 2.75) is 6.10 Å². The number of benzene rings is 2. The molecule has 104 valence electrons. The van der Waals surface area contributed by atoms with E-state index in [0.717, 1.165) is 25.9 Å². The molecule has 0 radical (unpaired) electrons. The SMILES string of the molecule is OC(c1cc2ccccc2o1)c1cc2cc(F)ccc2s1. The Kier molecular flexibility index (Phi) is 2.80. The Morgan fingerprint density at radius 3 is 2.71 bits per heavy atom. The Bertz CT molecular complexity index is 905. The van der Waals surface area contributed by atoms with Gasteiger partial charge in [0.15, 0.2) is 0 Å². The van der Waals surface area contributed by atoms with Crippen molar-refractivity contribution in [3.8, 4) is 0 Å². The average Bonchev–Trinajstić information content (AvgIpc) is 3.09. The van der Waals surface area contributed by atoms with Crippen molar-refractivity contribution >= 4 is 32.4 Å². The first-order valence-electron chi connectivity index (χ1n) is 6.56. The molecule has 1 unspecified atom stereocenters. The number of aliphatic hydroxyl groups is 1. The Morgan fingerprint density at radius 2 is 1.86 bits per heavy atom. The van der Waals surface area contributed by atoms with Crippen LogP contribution >= 0.6 is 11.3 Å².